The summed E-state index contributed by atoms with van der Waals surface area (Å²) in [7, 11) is 1.35. The van der Waals surface area contributed by atoms with Gasteiger partial charge in [-0.1, -0.05) is 30.3 Å². The average molecular weight is 456 g/mol. The highest BCUT2D eigenvalue weighted by atomic mass is 19.4. The number of anilines is 2. The second-order valence-corrected chi connectivity index (χ2v) is 7.83. The fourth-order valence-corrected chi connectivity index (χ4v) is 3.87. The fraction of sp³-hybridized carbons (Fsp3) is 0.292. The zero-order valence-electron chi connectivity index (χ0n) is 18.0. The molecule has 6 nitrogen and oxygen atoms in total. The van der Waals surface area contributed by atoms with E-state index in [1.165, 1.54) is 13.2 Å². The molecule has 0 spiro atoms. The number of benzene rings is 2. The first-order valence-electron chi connectivity index (χ1n) is 10.6. The van der Waals surface area contributed by atoms with Gasteiger partial charge in [0.15, 0.2) is 5.82 Å². The number of nitrogens with zero attached hydrogens (tertiary/aromatic N) is 3. The van der Waals surface area contributed by atoms with Gasteiger partial charge in [-0.2, -0.15) is 13.2 Å². The van der Waals surface area contributed by atoms with Crippen molar-refractivity contribution >= 4 is 17.4 Å². The van der Waals surface area contributed by atoms with E-state index in [0.717, 1.165) is 36.4 Å². The lowest BCUT2D eigenvalue weighted by Crippen LogP contribution is -2.41. The molecule has 1 fully saturated rings. The highest BCUT2D eigenvalue weighted by Crippen LogP contribution is 2.35. The molecule has 33 heavy (non-hydrogen) atoms. The lowest BCUT2D eigenvalue weighted by Gasteiger charge is -2.32. The summed E-state index contributed by atoms with van der Waals surface area (Å²) in [5.74, 6) is 0.0648. The molecule has 1 amide bonds. The molecule has 1 aliphatic rings. The number of ether oxygens (including phenoxy) is 1. The van der Waals surface area contributed by atoms with Crippen molar-refractivity contribution in [2.75, 3.05) is 30.4 Å². The monoisotopic (exact) mass is 456 g/mol. The van der Waals surface area contributed by atoms with Crippen molar-refractivity contribution in [2.45, 2.75) is 19.0 Å². The van der Waals surface area contributed by atoms with Crippen LogP contribution in [0.1, 0.15) is 18.4 Å². The van der Waals surface area contributed by atoms with Gasteiger partial charge in [0, 0.05) is 18.7 Å². The highest BCUT2D eigenvalue weighted by Gasteiger charge is 2.32. The number of carbonyl (C=O) groups excluding carboxylic acids is 1. The number of alkyl halides is 3. The summed E-state index contributed by atoms with van der Waals surface area (Å²) in [5, 5.41) is 11.2. The van der Waals surface area contributed by atoms with Crippen LogP contribution in [0.5, 0.6) is 5.75 Å². The molecule has 1 unspecified atom stereocenters. The Morgan fingerprint density at radius 1 is 1.09 bits per heavy atom. The van der Waals surface area contributed by atoms with E-state index in [-0.39, 0.29) is 17.3 Å². The smallest absolute Gasteiger partial charge is 0.416 e. The quantitative estimate of drug-likeness (QED) is 0.584. The van der Waals surface area contributed by atoms with E-state index in [1.54, 1.807) is 0 Å². The van der Waals surface area contributed by atoms with Gasteiger partial charge in [0.2, 0.25) is 5.91 Å². The third kappa shape index (κ3) is 5.24. The van der Waals surface area contributed by atoms with Crippen LogP contribution < -0.4 is 15.0 Å². The van der Waals surface area contributed by atoms with E-state index in [9.17, 15) is 18.0 Å². The summed E-state index contributed by atoms with van der Waals surface area (Å²) in [6, 6.07) is 16.5. The molecular weight excluding hydrogens is 433 g/mol. The number of carbonyl (C=O) groups is 1. The fourth-order valence-electron chi connectivity index (χ4n) is 3.87. The molecule has 0 bridgehead atoms. The number of hydrogen-bond donors (Lipinski definition) is 1. The van der Waals surface area contributed by atoms with Crippen LogP contribution in [0.2, 0.25) is 0 Å². The molecule has 0 saturated carbocycles. The zero-order valence-corrected chi connectivity index (χ0v) is 18.0. The number of halogens is 3. The third-order valence-corrected chi connectivity index (χ3v) is 5.62. The van der Waals surface area contributed by atoms with E-state index in [4.69, 9.17) is 4.74 Å². The summed E-state index contributed by atoms with van der Waals surface area (Å²) in [6.07, 6.45) is -3.14. The maximum absolute atomic E-state index is 13.1. The molecule has 172 valence electrons. The molecule has 1 aromatic heterocycles. The van der Waals surface area contributed by atoms with Gasteiger partial charge in [-0.3, -0.25) is 4.79 Å². The van der Waals surface area contributed by atoms with Crippen LogP contribution in [0.4, 0.5) is 24.7 Å². The van der Waals surface area contributed by atoms with Crippen LogP contribution >= 0.6 is 0 Å². The number of piperidine rings is 1. The molecule has 9 heteroatoms. The van der Waals surface area contributed by atoms with Crippen molar-refractivity contribution in [3.63, 3.8) is 0 Å². The van der Waals surface area contributed by atoms with Gasteiger partial charge in [0.05, 0.1) is 30.0 Å². The number of nitrogens with one attached hydrogen (secondary N) is 1. The number of aromatic nitrogens is 2. The Labute approximate surface area is 189 Å². The standard InChI is InChI=1S/C24H23F3N4O2/c1-33-21-11-9-18(24(25,26)27)14-20(21)28-23(32)17-8-5-13-31(15-17)22-12-10-19(29-30-22)16-6-3-2-4-7-16/h2-4,6-7,9-12,14,17H,5,8,13,15H2,1H3,(H,28,32). The minimum absolute atomic E-state index is 0.00135. The minimum Gasteiger partial charge on any atom is -0.495 e. The van der Waals surface area contributed by atoms with Gasteiger partial charge < -0.3 is 15.0 Å². The number of hydrogen-bond acceptors (Lipinski definition) is 5. The zero-order chi connectivity index (χ0) is 23.4. The maximum Gasteiger partial charge on any atom is 0.416 e. The van der Waals surface area contributed by atoms with Gasteiger partial charge >= 0.3 is 6.18 Å². The largest absolute Gasteiger partial charge is 0.495 e. The number of rotatable bonds is 5. The average Bonchev–Trinajstić information content (AvgIpc) is 2.84. The molecule has 1 aliphatic heterocycles. The lowest BCUT2D eigenvalue weighted by molar-refractivity contribution is -0.137. The Kier molecular flexibility index (Phi) is 6.48. The first-order valence-corrected chi connectivity index (χ1v) is 10.6. The van der Waals surface area contributed by atoms with E-state index in [2.05, 4.69) is 15.5 Å². The molecule has 1 saturated heterocycles. The maximum atomic E-state index is 13.1. The Morgan fingerprint density at radius 2 is 1.88 bits per heavy atom. The molecule has 0 aliphatic carbocycles. The molecule has 1 atom stereocenters. The third-order valence-electron chi connectivity index (χ3n) is 5.62. The van der Waals surface area contributed by atoms with Gasteiger partial charge in [0.25, 0.3) is 0 Å². The molecule has 2 heterocycles. The molecular formula is C24H23F3N4O2. The van der Waals surface area contributed by atoms with E-state index in [0.29, 0.717) is 18.8 Å². The summed E-state index contributed by atoms with van der Waals surface area (Å²) >= 11 is 0. The first kappa shape index (κ1) is 22.6. The van der Waals surface area contributed by atoms with Gasteiger partial charge in [0.1, 0.15) is 5.75 Å². The van der Waals surface area contributed by atoms with E-state index >= 15 is 0 Å². The predicted molar refractivity (Wildman–Crippen MR) is 119 cm³/mol. The van der Waals surface area contributed by atoms with E-state index in [1.807, 2.05) is 47.4 Å². The van der Waals surface area contributed by atoms with Crippen LogP contribution in [-0.2, 0) is 11.0 Å². The SMILES string of the molecule is COc1ccc(C(F)(F)F)cc1NC(=O)C1CCCN(c2ccc(-c3ccccc3)nn2)C1. The molecule has 0 radical (unpaired) electrons. The van der Waals surface area contributed by atoms with Crippen molar-refractivity contribution in [2.24, 2.45) is 5.92 Å². The predicted octanol–water partition coefficient (Wildman–Crippen LogP) is 5.03. The topological polar surface area (TPSA) is 67.3 Å². The molecule has 4 rings (SSSR count). The van der Waals surface area contributed by atoms with Crippen molar-refractivity contribution in [3.05, 3.63) is 66.2 Å². The van der Waals surface area contributed by atoms with E-state index < -0.39 is 17.7 Å². The van der Waals surface area contributed by atoms with Gasteiger partial charge in [-0.05, 0) is 43.2 Å². The summed E-state index contributed by atoms with van der Waals surface area (Å²) < 4.78 is 44.4. The second-order valence-electron chi connectivity index (χ2n) is 7.83. The highest BCUT2D eigenvalue weighted by molar-refractivity contribution is 5.94. The van der Waals surface area contributed by atoms with Crippen LogP contribution in [0, 0.1) is 5.92 Å². The Bertz CT molecular complexity index is 1100. The number of amides is 1. The Hall–Kier alpha value is -3.62. The Balaban J connectivity index is 1.46. The van der Waals surface area contributed by atoms with Crippen molar-refractivity contribution in [3.8, 4) is 17.0 Å². The van der Waals surface area contributed by atoms with Gasteiger partial charge in [-0.15, -0.1) is 10.2 Å². The first-order chi connectivity index (χ1) is 15.8. The lowest BCUT2D eigenvalue weighted by atomic mass is 9.97. The second kappa shape index (κ2) is 9.48. The van der Waals surface area contributed by atoms with Crippen LogP contribution in [-0.4, -0.2) is 36.3 Å². The molecule has 2 aromatic carbocycles. The van der Waals surface area contributed by atoms with Crippen LogP contribution in [0.3, 0.4) is 0 Å². The van der Waals surface area contributed by atoms with Crippen molar-refractivity contribution in [1.29, 1.82) is 0 Å². The molecule has 1 N–H and O–H groups in total. The van der Waals surface area contributed by atoms with Crippen LogP contribution in [0.25, 0.3) is 11.3 Å². The van der Waals surface area contributed by atoms with Gasteiger partial charge in [-0.25, -0.2) is 0 Å². The summed E-state index contributed by atoms with van der Waals surface area (Å²) in [6.45, 7) is 1.11. The summed E-state index contributed by atoms with van der Waals surface area (Å²) in [5.41, 5.74) is 0.865. The van der Waals surface area contributed by atoms with Crippen LogP contribution in [0.15, 0.2) is 60.7 Å². The minimum atomic E-state index is -4.52. The number of methoxy groups -OCH3 is 1. The van der Waals surface area contributed by atoms with Crippen molar-refractivity contribution in [1.82, 2.24) is 10.2 Å². The van der Waals surface area contributed by atoms with Crippen molar-refractivity contribution < 1.29 is 22.7 Å². The Morgan fingerprint density at radius 3 is 2.55 bits per heavy atom. The summed E-state index contributed by atoms with van der Waals surface area (Å²) in [4.78, 5) is 14.9. The molecule has 3 aromatic rings. The normalized spacial score (nSPS) is 16.4.